The zero-order chi connectivity index (χ0) is 10.4. The third-order valence-electron chi connectivity index (χ3n) is 2.10. The van der Waals surface area contributed by atoms with Gasteiger partial charge in [-0.2, -0.15) is 0 Å². The van der Waals surface area contributed by atoms with Gasteiger partial charge in [0.1, 0.15) is 0 Å². The topological polar surface area (TPSA) is 42.4 Å². The molecule has 0 saturated carbocycles. The molecule has 1 N–H and O–H groups in total. The summed E-state index contributed by atoms with van der Waals surface area (Å²) in [6, 6.07) is 3.75. The van der Waals surface area contributed by atoms with E-state index in [2.05, 4.69) is 11.9 Å². The van der Waals surface area contributed by atoms with Crippen molar-refractivity contribution in [2.75, 3.05) is 7.11 Å². The first-order valence-corrected chi connectivity index (χ1v) is 4.93. The van der Waals surface area contributed by atoms with Crippen molar-refractivity contribution in [2.45, 2.75) is 32.3 Å². The van der Waals surface area contributed by atoms with Crippen LogP contribution in [0.5, 0.6) is 5.88 Å². The fourth-order valence-electron chi connectivity index (χ4n) is 1.36. The van der Waals surface area contributed by atoms with E-state index >= 15 is 0 Å². The highest BCUT2D eigenvalue weighted by atomic mass is 16.5. The van der Waals surface area contributed by atoms with Crippen LogP contribution in [0.3, 0.4) is 0 Å². The molecule has 1 aromatic heterocycles. The third-order valence-corrected chi connectivity index (χ3v) is 2.10. The molecule has 1 atom stereocenters. The Morgan fingerprint density at radius 2 is 2.29 bits per heavy atom. The van der Waals surface area contributed by atoms with Crippen molar-refractivity contribution < 1.29 is 9.84 Å². The van der Waals surface area contributed by atoms with E-state index in [-0.39, 0.29) is 6.10 Å². The lowest BCUT2D eigenvalue weighted by Gasteiger charge is -2.08. The Hall–Kier alpha value is -1.09. The van der Waals surface area contributed by atoms with Crippen molar-refractivity contribution in [3.8, 4) is 5.88 Å². The molecule has 0 aromatic carbocycles. The van der Waals surface area contributed by atoms with Crippen LogP contribution in [0.15, 0.2) is 18.3 Å². The normalized spacial score (nSPS) is 12.5. The predicted molar refractivity (Wildman–Crippen MR) is 55.4 cm³/mol. The van der Waals surface area contributed by atoms with Crippen LogP contribution in [-0.2, 0) is 6.42 Å². The number of rotatable bonds is 5. The van der Waals surface area contributed by atoms with Crippen LogP contribution in [0.1, 0.15) is 25.3 Å². The second kappa shape index (κ2) is 5.60. The number of methoxy groups -OCH3 is 1. The summed E-state index contributed by atoms with van der Waals surface area (Å²) in [6.07, 6.45) is 4.01. The Kier molecular flexibility index (Phi) is 4.40. The minimum Gasteiger partial charge on any atom is -0.481 e. The zero-order valence-corrected chi connectivity index (χ0v) is 8.73. The van der Waals surface area contributed by atoms with Gasteiger partial charge in [-0.05, 0) is 18.4 Å². The molecule has 0 saturated heterocycles. The van der Waals surface area contributed by atoms with Crippen LogP contribution in [0.2, 0.25) is 0 Å². The maximum absolute atomic E-state index is 9.57. The Balaban J connectivity index is 2.50. The second-order valence-corrected chi connectivity index (χ2v) is 3.36. The van der Waals surface area contributed by atoms with E-state index in [1.54, 1.807) is 13.3 Å². The van der Waals surface area contributed by atoms with Crippen molar-refractivity contribution in [1.82, 2.24) is 4.98 Å². The van der Waals surface area contributed by atoms with E-state index in [1.807, 2.05) is 12.1 Å². The van der Waals surface area contributed by atoms with Gasteiger partial charge in [0.15, 0.2) is 0 Å². The molecule has 14 heavy (non-hydrogen) atoms. The molecule has 0 radical (unpaired) electrons. The Morgan fingerprint density at radius 3 is 2.79 bits per heavy atom. The van der Waals surface area contributed by atoms with Crippen molar-refractivity contribution in [3.05, 3.63) is 23.9 Å². The van der Waals surface area contributed by atoms with Crippen LogP contribution in [0, 0.1) is 0 Å². The molecule has 78 valence electrons. The van der Waals surface area contributed by atoms with Crippen LogP contribution in [-0.4, -0.2) is 23.3 Å². The van der Waals surface area contributed by atoms with Crippen molar-refractivity contribution in [2.24, 2.45) is 0 Å². The van der Waals surface area contributed by atoms with Gasteiger partial charge in [0.05, 0.1) is 13.2 Å². The van der Waals surface area contributed by atoms with Gasteiger partial charge in [0.2, 0.25) is 5.88 Å². The summed E-state index contributed by atoms with van der Waals surface area (Å²) < 4.78 is 4.95. The first kappa shape index (κ1) is 11.0. The lowest BCUT2D eigenvalue weighted by molar-refractivity contribution is 0.163. The SMILES string of the molecule is CCCC(O)Cc1ccc(OC)nc1. The number of nitrogens with zero attached hydrogens (tertiary/aromatic N) is 1. The molecule has 1 unspecified atom stereocenters. The monoisotopic (exact) mass is 195 g/mol. The van der Waals surface area contributed by atoms with Crippen molar-refractivity contribution in [3.63, 3.8) is 0 Å². The largest absolute Gasteiger partial charge is 0.481 e. The average Bonchev–Trinajstić information content (AvgIpc) is 2.19. The fraction of sp³-hybridized carbons (Fsp3) is 0.545. The fourth-order valence-corrected chi connectivity index (χ4v) is 1.36. The molecule has 3 nitrogen and oxygen atoms in total. The van der Waals surface area contributed by atoms with E-state index < -0.39 is 0 Å². The lowest BCUT2D eigenvalue weighted by Crippen LogP contribution is -2.09. The van der Waals surface area contributed by atoms with Crippen LogP contribution in [0.4, 0.5) is 0 Å². The van der Waals surface area contributed by atoms with Gasteiger partial charge < -0.3 is 9.84 Å². The quantitative estimate of drug-likeness (QED) is 0.779. The molecule has 0 amide bonds. The summed E-state index contributed by atoms with van der Waals surface area (Å²) in [4.78, 5) is 4.08. The van der Waals surface area contributed by atoms with E-state index in [0.29, 0.717) is 12.3 Å². The molecule has 1 rings (SSSR count). The van der Waals surface area contributed by atoms with E-state index in [4.69, 9.17) is 4.74 Å². The van der Waals surface area contributed by atoms with Crippen LogP contribution in [0.25, 0.3) is 0 Å². The molecule has 0 aliphatic heterocycles. The van der Waals surface area contributed by atoms with Gasteiger partial charge in [0.25, 0.3) is 0 Å². The molecule has 1 heterocycles. The minimum atomic E-state index is -0.254. The van der Waals surface area contributed by atoms with E-state index in [1.165, 1.54) is 0 Å². The lowest BCUT2D eigenvalue weighted by atomic mass is 10.1. The molecule has 3 heteroatoms. The number of aliphatic hydroxyl groups excluding tert-OH is 1. The highest BCUT2D eigenvalue weighted by Crippen LogP contribution is 2.10. The van der Waals surface area contributed by atoms with Crippen LogP contribution < -0.4 is 4.74 Å². The van der Waals surface area contributed by atoms with E-state index in [9.17, 15) is 5.11 Å². The number of ether oxygens (including phenoxy) is 1. The molecular formula is C11H17NO2. The molecule has 0 aliphatic rings. The summed E-state index contributed by atoms with van der Waals surface area (Å²) >= 11 is 0. The Bertz CT molecular complexity index is 258. The van der Waals surface area contributed by atoms with Crippen molar-refractivity contribution >= 4 is 0 Å². The summed E-state index contributed by atoms with van der Waals surface area (Å²) in [5.41, 5.74) is 1.05. The number of hydrogen-bond donors (Lipinski definition) is 1. The highest BCUT2D eigenvalue weighted by Gasteiger charge is 2.04. The molecule has 1 aromatic rings. The molecule has 0 aliphatic carbocycles. The minimum absolute atomic E-state index is 0.254. The van der Waals surface area contributed by atoms with Crippen LogP contribution >= 0.6 is 0 Å². The van der Waals surface area contributed by atoms with E-state index in [0.717, 1.165) is 18.4 Å². The second-order valence-electron chi connectivity index (χ2n) is 3.36. The van der Waals surface area contributed by atoms with Gasteiger partial charge in [-0.25, -0.2) is 4.98 Å². The maximum Gasteiger partial charge on any atom is 0.212 e. The highest BCUT2D eigenvalue weighted by molar-refractivity contribution is 5.18. The van der Waals surface area contributed by atoms with Gasteiger partial charge >= 0.3 is 0 Å². The van der Waals surface area contributed by atoms with Gasteiger partial charge in [-0.3, -0.25) is 0 Å². The summed E-state index contributed by atoms with van der Waals surface area (Å²) in [6.45, 7) is 2.06. The smallest absolute Gasteiger partial charge is 0.212 e. The summed E-state index contributed by atoms with van der Waals surface area (Å²) in [5.74, 6) is 0.610. The number of hydrogen-bond acceptors (Lipinski definition) is 3. The Morgan fingerprint density at radius 1 is 1.50 bits per heavy atom. The standard InChI is InChI=1S/C11H17NO2/c1-3-4-10(13)7-9-5-6-11(14-2)12-8-9/h5-6,8,10,13H,3-4,7H2,1-2H3. The predicted octanol–water partition coefficient (Wildman–Crippen LogP) is 1.79. The first-order chi connectivity index (χ1) is 6.76. The molecular weight excluding hydrogens is 178 g/mol. The summed E-state index contributed by atoms with van der Waals surface area (Å²) in [7, 11) is 1.59. The van der Waals surface area contributed by atoms with Gasteiger partial charge in [0, 0.05) is 12.3 Å². The maximum atomic E-state index is 9.57. The molecule has 0 bridgehead atoms. The van der Waals surface area contributed by atoms with Gasteiger partial charge in [-0.15, -0.1) is 0 Å². The first-order valence-electron chi connectivity index (χ1n) is 4.93. The van der Waals surface area contributed by atoms with Gasteiger partial charge in [-0.1, -0.05) is 19.4 Å². The zero-order valence-electron chi connectivity index (χ0n) is 8.73. The van der Waals surface area contributed by atoms with Crippen molar-refractivity contribution in [1.29, 1.82) is 0 Å². The number of aliphatic hydroxyl groups is 1. The number of pyridine rings is 1. The molecule has 0 spiro atoms. The third kappa shape index (κ3) is 3.34. The summed E-state index contributed by atoms with van der Waals surface area (Å²) in [5, 5.41) is 9.57. The average molecular weight is 195 g/mol. The number of aromatic nitrogens is 1. The Labute approximate surface area is 84.7 Å². The molecule has 0 fully saturated rings.